The van der Waals surface area contributed by atoms with Crippen LogP contribution in [-0.4, -0.2) is 12.1 Å². The van der Waals surface area contributed by atoms with E-state index in [9.17, 15) is 4.79 Å². The van der Waals surface area contributed by atoms with Crippen LogP contribution in [0.1, 0.15) is 120 Å². The van der Waals surface area contributed by atoms with Gasteiger partial charge in [-0.1, -0.05) is 60.6 Å². The maximum absolute atomic E-state index is 11.9. The van der Waals surface area contributed by atoms with Gasteiger partial charge in [-0.15, -0.1) is 0 Å². The molecule has 0 aromatic carbocycles. The summed E-state index contributed by atoms with van der Waals surface area (Å²) in [6.07, 6.45) is 13.2. The molecule has 0 spiro atoms. The lowest BCUT2D eigenvalue weighted by Crippen LogP contribution is -2.67. The number of allylic oxidation sites excluding steroid dienone is 1. The van der Waals surface area contributed by atoms with Gasteiger partial charge < -0.3 is 4.74 Å². The SMILES string of the molecule is C=C1CC[C@]2(C)CC[C@]3(C)[C@H](CC[C@@H]4[C@@]5(C)CC[C@H](OC(C)=O)C(C)(C)[C@@H]5CC[C@]43C)[C@H]2[C@@H]1C. The normalized spacial score (nSPS) is 54.2. The first-order chi connectivity index (χ1) is 15.7. The molecule has 0 bridgehead atoms. The fourth-order valence-electron chi connectivity index (χ4n) is 11.8. The Hall–Kier alpha value is -0.790. The van der Waals surface area contributed by atoms with E-state index >= 15 is 0 Å². The molecule has 0 N–H and O–H groups in total. The highest BCUT2D eigenvalue weighted by atomic mass is 16.5. The van der Waals surface area contributed by atoms with Crippen LogP contribution < -0.4 is 0 Å². The van der Waals surface area contributed by atoms with Gasteiger partial charge in [0.05, 0.1) is 0 Å². The van der Waals surface area contributed by atoms with E-state index in [0.717, 1.165) is 24.2 Å². The number of ether oxygens (including phenoxy) is 1. The summed E-state index contributed by atoms with van der Waals surface area (Å²) < 4.78 is 5.91. The number of hydrogen-bond acceptors (Lipinski definition) is 2. The number of fused-ring (bicyclic) bond motifs is 7. The van der Waals surface area contributed by atoms with E-state index < -0.39 is 0 Å². The molecule has 5 aliphatic rings. The van der Waals surface area contributed by atoms with Crippen molar-refractivity contribution in [3.8, 4) is 0 Å². The Kier molecular flexibility index (Phi) is 5.57. The second-order valence-corrected chi connectivity index (χ2v) is 15.3. The van der Waals surface area contributed by atoms with Crippen molar-refractivity contribution < 1.29 is 9.53 Å². The lowest BCUT2D eigenvalue weighted by molar-refractivity contribution is -0.253. The summed E-state index contributed by atoms with van der Waals surface area (Å²) in [7, 11) is 0. The van der Waals surface area contributed by atoms with Crippen molar-refractivity contribution in [1.29, 1.82) is 0 Å². The molecule has 0 aromatic heterocycles. The predicted octanol–water partition coefficient (Wildman–Crippen LogP) is 8.60. The highest BCUT2D eigenvalue weighted by molar-refractivity contribution is 5.66. The van der Waals surface area contributed by atoms with Crippen molar-refractivity contribution in [2.45, 2.75) is 126 Å². The van der Waals surface area contributed by atoms with Gasteiger partial charge in [0.15, 0.2) is 0 Å². The maximum Gasteiger partial charge on any atom is 0.302 e. The molecule has 10 atom stereocenters. The Morgan fingerprint density at radius 1 is 0.853 bits per heavy atom. The third-order valence-corrected chi connectivity index (χ3v) is 13.8. The molecule has 0 unspecified atom stereocenters. The summed E-state index contributed by atoms with van der Waals surface area (Å²) in [6.45, 7) is 24.2. The van der Waals surface area contributed by atoms with Crippen molar-refractivity contribution in [2.75, 3.05) is 0 Å². The van der Waals surface area contributed by atoms with Crippen molar-refractivity contribution in [3.63, 3.8) is 0 Å². The Bertz CT molecular complexity index is 872. The topological polar surface area (TPSA) is 26.3 Å². The second-order valence-electron chi connectivity index (χ2n) is 15.3. The van der Waals surface area contributed by atoms with Gasteiger partial charge in [-0.2, -0.15) is 0 Å². The van der Waals surface area contributed by atoms with Crippen LogP contribution in [0.5, 0.6) is 0 Å². The van der Waals surface area contributed by atoms with Crippen LogP contribution in [0.4, 0.5) is 0 Å². The first-order valence-corrected chi connectivity index (χ1v) is 14.6. The first kappa shape index (κ1) is 24.9. The van der Waals surface area contributed by atoms with E-state index in [0.29, 0.717) is 33.5 Å². The third-order valence-electron chi connectivity index (χ3n) is 13.8. The van der Waals surface area contributed by atoms with Crippen LogP contribution in [0.2, 0.25) is 0 Å². The summed E-state index contributed by atoms with van der Waals surface area (Å²) in [5.41, 5.74) is 3.28. The minimum absolute atomic E-state index is 0.0541. The summed E-state index contributed by atoms with van der Waals surface area (Å²) in [4.78, 5) is 11.9. The zero-order valence-electron chi connectivity index (χ0n) is 23.6. The highest BCUT2D eigenvalue weighted by Gasteiger charge is 2.70. The van der Waals surface area contributed by atoms with Crippen LogP contribution in [0.15, 0.2) is 12.2 Å². The predicted molar refractivity (Wildman–Crippen MR) is 140 cm³/mol. The van der Waals surface area contributed by atoms with Gasteiger partial charge in [-0.05, 0) is 115 Å². The lowest BCUT2D eigenvalue weighted by atomic mass is 9.31. The van der Waals surface area contributed by atoms with Gasteiger partial charge in [0.1, 0.15) is 6.10 Å². The summed E-state index contributed by atoms with van der Waals surface area (Å²) in [5, 5.41) is 0. The quantitative estimate of drug-likeness (QED) is 0.284. The van der Waals surface area contributed by atoms with E-state index in [1.54, 1.807) is 6.92 Å². The van der Waals surface area contributed by atoms with Crippen LogP contribution in [-0.2, 0) is 9.53 Å². The minimum atomic E-state index is -0.108. The maximum atomic E-state index is 11.9. The number of carbonyl (C=O) groups excluding carboxylic acids is 1. The van der Waals surface area contributed by atoms with Crippen LogP contribution in [0.25, 0.3) is 0 Å². The van der Waals surface area contributed by atoms with Gasteiger partial charge in [-0.25, -0.2) is 0 Å². The summed E-state index contributed by atoms with van der Waals surface area (Å²) in [5.74, 6) is 3.64. The van der Waals surface area contributed by atoms with Gasteiger partial charge in [0.25, 0.3) is 0 Å². The molecule has 5 fully saturated rings. The molecule has 0 aliphatic heterocycles. The standard InChI is InChI=1S/C32H52O2/c1-20-12-15-29(6)18-19-31(8)23(27(29)21(20)2)10-11-25-30(7)16-14-26(34-22(3)33)28(4,5)24(30)13-17-32(25,31)9/h21,23-27H,1,10-19H2,2-9H3/t21-,23-,24+,25-,26+,27-,29-,30+,31-,32-/m1/s1. The van der Waals surface area contributed by atoms with E-state index in [-0.39, 0.29) is 17.5 Å². The molecule has 0 heterocycles. The monoisotopic (exact) mass is 468 g/mol. The van der Waals surface area contributed by atoms with E-state index in [1.165, 1.54) is 63.4 Å². The smallest absolute Gasteiger partial charge is 0.302 e. The summed E-state index contributed by atoms with van der Waals surface area (Å²) in [6, 6.07) is 0. The van der Waals surface area contributed by atoms with Crippen LogP contribution in [0, 0.1) is 56.7 Å². The molecule has 0 amide bonds. The van der Waals surface area contributed by atoms with E-state index in [2.05, 4.69) is 55.0 Å². The lowest BCUT2D eigenvalue weighted by Gasteiger charge is -2.73. The van der Waals surface area contributed by atoms with Crippen molar-refractivity contribution in [2.24, 2.45) is 56.7 Å². The second kappa shape index (κ2) is 7.61. The van der Waals surface area contributed by atoms with E-state index in [1.807, 2.05) is 0 Å². The van der Waals surface area contributed by atoms with Gasteiger partial charge in [-0.3, -0.25) is 4.79 Å². The van der Waals surface area contributed by atoms with Gasteiger partial charge in [0.2, 0.25) is 0 Å². The molecular weight excluding hydrogens is 416 g/mol. The largest absolute Gasteiger partial charge is 0.462 e. The minimum Gasteiger partial charge on any atom is -0.462 e. The molecule has 0 saturated heterocycles. The third kappa shape index (κ3) is 3.08. The molecule has 5 saturated carbocycles. The molecule has 34 heavy (non-hydrogen) atoms. The Morgan fingerprint density at radius 3 is 2.24 bits per heavy atom. The van der Waals surface area contributed by atoms with Crippen molar-refractivity contribution in [1.82, 2.24) is 0 Å². The average molecular weight is 469 g/mol. The fourth-order valence-corrected chi connectivity index (χ4v) is 11.8. The molecule has 0 radical (unpaired) electrons. The van der Waals surface area contributed by atoms with Gasteiger partial charge in [0, 0.05) is 12.3 Å². The number of rotatable bonds is 1. The van der Waals surface area contributed by atoms with Gasteiger partial charge >= 0.3 is 5.97 Å². The summed E-state index contributed by atoms with van der Waals surface area (Å²) >= 11 is 0. The molecule has 2 nitrogen and oxygen atoms in total. The molecule has 2 heteroatoms. The average Bonchev–Trinajstić information content (AvgIpc) is 2.74. The van der Waals surface area contributed by atoms with Crippen molar-refractivity contribution >= 4 is 5.97 Å². The van der Waals surface area contributed by atoms with Crippen LogP contribution in [0.3, 0.4) is 0 Å². The Morgan fingerprint density at radius 2 is 1.56 bits per heavy atom. The van der Waals surface area contributed by atoms with Crippen LogP contribution >= 0.6 is 0 Å². The Labute approximate surface area is 210 Å². The number of hydrogen-bond donors (Lipinski definition) is 0. The Balaban J connectivity index is 1.50. The first-order valence-electron chi connectivity index (χ1n) is 14.6. The highest BCUT2D eigenvalue weighted by Crippen LogP contribution is 2.77. The number of esters is 1. The molecule has 0 aromatic rings. The molecule has 5 aliphatic carbocycles. The van der Waals surface area contributed by atoms with Crippen molar-refractivity contribution in [3.05, 3.63) is 12.2 Å². The number of carbonyl (C=O) groups is 1. The fraction of sp³-hybridized carbons (Fsp3) is 0.906. The molecular formula is C32H52O2. The zero-order valence-corrected chi connectivity index (χ0v) is 23.6. The molecule has 5 rings (SSSR count). The van der Waals surface area contributed by atoms with E-state index in [4.69, 9.17) is 4.74 Å². The zero-order chi connectivity index (χ0) is 24.9. The molecule has 192 valence electrons.